The number of benzene rings is 1. The van der Waals surface area contributed by atoms with E-state index in [4.69, 9.17) is 4.74 Å². The van der Waals surface area contributed by atoms with Crippen LogP contribution in [0.2, 0.25) is 0 Å². The molecule has 0 atom stereocenters. The molecule has 1 aromatic heterocycles. The van der Waals surface area contributed by atoms with Gasteiger partial charge in [-0.15, -0.1) is 0 Å². The number of nitrogens with one attached hydrogen (secondary N) is 1. The number of piperidine rings is 2. The molecule has 0 bridgehead atoms. The first-order chi connectivity index (χ1) is 17.2. The predicted molar refractivity (Wildman–Crippen MR) is 141 cm³/mol. The van der Waals surface area contributed by atoms with Crippen molar-refractivity contribution in [3.63, 3.8) is 0 Å². The van der Waals surface area contributed by atoms with E-state index in [2.05, 4.69) is 21.3 Å². The highest BCUT2D eigenvalue weighted by Gasteiger charge is 2.47. The van der Waals surface area contributed by atoms with Crippen LogP contribution < -0.4 is 15.1 Å². The molecular formula is C28H37N5O3. The Morgan fingerprint density at radius 3 is 2.33 bits per heavy atom. The van der Waals surface area contributed by atoms with E-state index in [-0.39, 0.29) is 23.6 Å². The predicted octanol–water partition coefficient (Wildman–Crippen LogP) is 4.55. The number of rotatable bonds is 2. The molecule has 2 aromatic rings. The van der Waals surface area contributed by atoms with Crippen molar-refractivity contribution in [1.82, 2.24) is 15.2 Å². The molecule has 3 aliphatic heterocycles. The van der Waals surface area contributed by atoms with Gasteiger partial charge in [0.15, 0.2) is 0 Å². The minimum Gasteiger partial charge on any atom is -0.443 e. The molecule has 1 spiro atoms. The lowest BCUT2D eigenvalue weighted by molar-refractivity contribution is 0.0572. The second kappa shape index (κ2) is 9.64. The maximum atomic E-state index is 13.1. The van der Waals surface area contributed by atoms with Gasteiger partial charge in [0.25, 0.3) is 0 Å². The molecular weight excluding hydrogens is 454 g/mol. The first-order valence-electron chi connectivity index (χ1n) is 13.0. The Balaban J connectivity index is 1.17. The molecule has 36 heavy (non-hydrogen) atoms. The van der Waals surface area contributed by atoms with Crippen molar-refractivity contribution in [2.75, 3.05) is 42.5 Å². The molecule has 0 unspecified atom stereocenters. The highest BCUT2D eigenvalue weighted by Crippen LogP contribution is 2.47. The molecule has 3 aliphatic rings. The molecule has 0 aliphatic carbocycles. The van der Waals surface area contributed by atoms with Crippen LogP contribution in [0.15, 0.2) is 48.8 Å². The number of amides is 3. The molecule has 4 heterocycles. The van der Waals surface area contributed by atoms with Crippen LogP contribution in [0.1, 0.15) is 52.0 Å². The average Bonchev–Trinajstić information content (AvgIpc) is 3.19. The van der Waals surface area contributed by atoms with Crippen molar-refractivity contribution >= 4 is 23.5 Å². The Morgan fingerprint density at radius 1 is 1.00 bits per heavy atom. The Kier molecular flexibility index (Phi) is 6.53. The summed E-state index contributed by atoms with van der Waals surface area (Å²) in [4.78, 5) is 36.3. The maximum Gasteiger partial charge on any atom is 0.414 e. The van der Waals surface area contributed by atoms with Crippen LogP contribution in [0.3, 0.4) is 0 Å². The van der Waals surface area contributed by atoms with Crippen molar-refractivity contribution in [2.24, 2.45) is 0 Å². The van der Waals surface area contributed by atoms with Crippen LogP contribution in [-0.4, -0.2) is 66.4 Å². The SMILES string of the molecule is CC(C)(C)OC(=O)N1CC2(CCN(C(=O)NC3CCN(c4ccncc4)CC3)CC2)c2ccccc21. The monoisotopic (exact) mass is 491 g/mol. The summed E-state index contributed by atoms with van der Waals surface area (Å²) in [7, 11) is 0. The average molecular weight is 492 g/mol. The fraction of sp³-hybridized carbons (Fsp3) is 0.536. The van der Waals surface area contributed by atoms with Gasteiger partial charge in [-0.2, -0.15) is 0 Å². The number of nitrogens with zero attached hydrogens (tertiary/aromatic N) is 4. The number of para-hydroxylation sites is 1. The highest BCUT2D eigenvalue weighted by atomic mass is 16.6. The van der Waals surface area contributed by atoms with Crippen LogP contribution in [0.4, 0.5) is 21.0 Å². The minimum absolute atomic E-state index is 0.0301. The van der Waals surface area contributed by atoms with Gasteiger partial charge in [-0.3, -0.25) is 9.88 Å². The van der Waals surface area contributed by atoms with Crippen molar-refractivity contribution < 1.29 is 14.3 Å². The Bertz CT molecular complexity index is 1080. The second-order valence-electron chi connectivity index (χ2n) is 11.3. The first-order valence-corrected chi connectivity index (χ1v) is 13.0. The van der Waals surface area contributed by atoms with Crippen molar-refractivity contribution in [1.29, 1.82) is 0 Å². The number of carbonyl (C=O) groups excluding carboxylic acids is 2. The molecule has 2 fully saturated rings. The van der Waals surface area contributed by atoms with Crippen LogP contribution in [0, 0.1) is 0 Å². The quantitative estimate of drug-likeness (QED) is 0.667. The number of carbonyl (C=O) groups is 2. The topological polar surface area (TPSA) is 78.0 Å². The van der Waals surface area contributed by atoms with E-state index >= 15 is 0 Å². The van der Waals surface area contributed by atoms with E-state index < -0.39 is 5.60 Å². The number of hydrogen-bond donors (Lipinski definition) is 1. The molecule has 1 aromatic carbocycles. The lowest BCUT2D eigenvalue weighted by Gasteiger charge is -2.41. The number of anilines is 2. The molecule has 192 valence electrons. The smallest absolute Gasteiger partial charge is 0.414 e. The molecule has 8 heteroatoms. The highest BCUT2D eigenvalue weighted by molar-refractivity contribution is 5.91. The summed E-state index contributed by atoms with van der Waals surface area (Å²) in [6.45, 7) is 9.49. The van der Waals surface area contributed by atoms with E-state index in [0.29, 0.717) is 19.6 Å². The number of likely N-dealkylation sites (tertiary alicyclic amines) is 1. The van der Waals surface area contributed by atoms with Gasteiger partial charge < -0.3 is 19.9 Å². The van der Waals surface area contributed by atoms with Crippen molar-refractivity contribution in [3.8, 4) is 0 Å². The number of pyridine rings is 1. The normalized spacial score (nSPS) is 19.8. The fourth-order valence-electron chi connectivity index (χ4n) is 5.78. The summed E-state index contributed by atoms with van der Waals surface area (Å²) in [6.07, 6.45) is 6.87. The third-order valence-electron chi connectivity index (χ3n) is 7.70. The molecule has 1 N–H and O–H groups in total. The second-order valence-corrected chi connectivity index (χ2v) is 11.3. The van der Waals surface area contributed by atoms with E-state index in [1.165, 1.54) is 11.3 Å². The van der Waals surface area contributed by atoms with Gasteiger partial charge in [0, 0.05) is 62.3 Å². The number of aromatic nitrogens is 1. The van der Waals surface area contributed by atoms with E-state index in [1.807, 2.05) is 68.4 Å². The van der Waals surface area contributed by atoms with E-state index in [0.717, 1.165) is 44.5 Å². The van der Waals surface area contributed by atoms with Crippen LogP contribution in [0.25, 0.3) is 0 Å². The Morgan fingerprint density at radius 2 is 1.67 bits per heavy atom. The maximum absolute atomic E-state index is 13.1. The van der Waals surface area contributed by atoms with Gasteiger partial charge in [0.1, 0.15) is 5.60 Å². The molecule has 5 rings (SSSR count). The minimum atomic E-state index is -0.544. The summed E-state index contributed by atoms with van der Waals surface area (Å²) in [6, 6.07) is 12.4. The molecule has 8 nitrogen and oxygen atoms in total. The summed E-state index contributed by atoms with van der Waals surface area (Å²) in [5, 5.41) is 3.27. The van der Waals surface area contributed by atoms with Gasteiger partial charge in [0.05, 0.1) is 5.69 Å². The Labute approximate surface area is 213 Å². The number of urea groups is 1. The lowest BCUT2D eigenvalue weighted by Crippen LogP contribution is -2.53. The van der Waals surface area contributed by atoms with Crippen molar-refractivity contribution in [2.45, 2.75) is 63.5 Å². The summed E-state index contributed by atoms with van der Waals surface area (Å²) < 4.78 is 5.70. The number of ether oxygens (including phenoxy) is 1. The van der Waals surface area contributed by atoms with Crippen LogP contribution >= 0.6 is 0 Å². The van der Waals surface area contributed by atoms with Crippen LogP contribution in [-0.2, 0) is 10.2 Å². The van der Waals surface area contributed by atoms with Gasteiger partial charge in [-0.25, -0.2) is 9.59 Å². The van der Waals surface area contributed by atoms with E-state index in [1.54, 1.807) is 4.90 Å². The first kappa shape index (κ1) is 24.4. The van der Waals surface area contributed by atoms with Gasteiger partial charge in [-0.05, 0) is 70.2 Å². The van der Waals surface area contributed by atoms with Gasteiger partial charge in [-0.1, -0.05) is 18.2 Å². The standard InChI is InChI=1S/C28H37N5O3/c1-27(2,3)36-26(35)33-20-28(23-6-4-5-7-24(23)33)12-18-32(19-13-28)25(34)30-21-10-16-31(17-11-21)22-8-14-29-15-9-22/h4-9,14-15,21H,10-13,16-20H2,1-3H3,(H,30,34). The lowest BCUT2D eigenvalue weighted by atomic mass is 9.74. The van der Waals surface area contributed by atoms with Gasteiger partial charge in [0.2, 0.25) is 0 Å². The van der Waals surface area contributed by atoms with E-state index in [9.17, 15) is 9.59 Å². The molecule has 0 saturated carbocycles. The Hall–Kier alpha value is -3.29. The third-order valence-corrected chi connectivity index (χ3v) is 7.70. The molecule has 2 saturated heterocycles. The molecule has 3 amide bonds. The van der Waals surface area contributed by atoms with Crippen LogP contribution in [0.5, 0.6) is 0 Å². The molecule has 0 radical (unpaired) electrons. The largest absolute Gasteiger partial charge is 0.443 e. The number of hydrogen-bond acceptors (Lipinski definition) is 5. The summed E-state index contributed by atoms with van der Waals surface area (Å²) in [5.41, 5.74) is 2.64. The summed E-state index contributed by atoms with van der Waals surface area (Å²) >= 11 is 0. The van der Waals surface area contributed by atoms with Crippen molar-refractivity contribution in [3.05, 3.63) is 54.4 Å². The number of fused-ring (bicyclic) bond motifs is 2. The zero-order valence-corrected chi connectivity index (χ0v) is 21.6. The van der Waals surface area contributed by atoms with Gasteiger partial charge >= 0.3 is 12.1 Å². The zero-order chi connectivity index (χ0) is 25.3. The summed E-state index contributed by atoms with van der Waals surface area (Å²) in [5.74, 6) is 0. The zero-order valence-electron chi connectivity index (χ0n) is 21.6. The third kappa shape index (κ3) is 4.99. The fourth-order valence-corrected chi connectivity index (χ4v) is 5.78.